The van der Waals surface area contributed by atoms with Crippen molar-refractivity contribution in [3.05, 3.63) is 235 Å². The van der Waals surface area contributed by atoms with Crippen molar-refractivity contribution in [3.63, 3.8) is 0 Å². The summed E-state index contributed by atoms with van der Waals surface area (Å²) >= 11 is 0. The molecule has 3 heteroatoms. The van der Waals surface area contributed by atoms with Crippen LogP contribution in [0.4, 0.5) is 0 Å². The number of benzene rings is 7. The number of hydrogen-bond donors (Lipinski definition) is 0. The van der Waals surface area contributed by atoms with Crippen molar-refractivity contribution >= 4 is 22.3 Å². The van der Waals surface area contributed by atoms with Gasteiger partial charge in [0, 0.05) is 16.7 Å². The first-order chi connectivity index (χ1) is 29.7. The van der Waals surface area contributed by atoms with E-state index in [1.807, 2.05) is 18.2 Å². The minimum atomic E-state index is 0.623. The van der Waals surface area contributed by atoms with Gasteiger partial charge in [-0.25, -0.2) is 15.0 Å². The van der Waals surface area contributed by atoms with Crippen molar-refractivity contribution in [2.75, 3.05) is 0 Å². The van der Waals surface area contributed by atoms with Crippen molar-refractivity contribution < 1.29 is 0 Å². The largest absolute Gasteiger partial charge is 0.208 e. The van der Waals surface area contributed by atoms with E-state index in [0.717, 1.165) is 57.3 Å². The third kappa shape index (κ3) is 7.86. The lowest BCUT2D eigenvalue weighted by molar-refractivity contribution is 1.04. The molecule has 288 valence electrons. The average molecular weight is 772 g/mol. The fraction of sp³-hybridized carbons (Fsp3) is 0.0702. The number of nitrogens with zero attached hydrogens (tertiary/aromatic N) is 3. The van der Waals surface area contributed by atoms with Gasteiger partial charge < -0.3 is 0 Å². The normalized spacial score (nSPS) is 13.1. The minimum absolute atomic E-state index is 0.623. The molecule has 0 bridgehead atoms. The molecule has 1 heterocycles. The highest BCUT2D eigenvalue weighted by molar-refractivity contribution is 6.07. The van der Waals surface area contributed by atoms with Crippen molar-refractivity contribution in [2.24, 2.45) is 0 Å². The lowest BCUT2D eigenvalue weighted by Crippen LogP contribution is -2.02. The highest BCUT2D eigenvalue weighted by atomic mass is 15.0. The van der Waals surface area contributed by atoms with E-state index < -0.39 is 0 Å². The van der Waals surface area contributed by atoms with Crippen molar-refractivity contribution in [3.8, 4) is 56.4 Å². The Morgan fingerprint density at radius 3 is 1.33 bits per heavy atom. The Labute approximate surface area is 353 Å². The quantitative estimate of drug-likeness (QED) is 0.130. The summed E-state index contributed by atoms with van der Waals surface area (Å²) in [4.78, 5) is 15.7. The summed E-state index contributed by atoms with van der Waals surface area (Å²) < 4.78 is 0. The third-order valence-electron chi connectivity index (χ3n) is 11.2. The van der Waals surface area contributed by atoms with Crippen LogP contribution in [0.15, 0.2) is 212 Å². The van der Waals surface area contributed by atoms with Gasteiger partial charge in [-0.1, -0.05) is 200 Å². The van der Waals surface area contributed by atoms with Crippen molar-refractivity contribution in [1.82, 2.24) is 15.0 Å². The molecule has 3 nitrogen and oxygen atoms in total. The monoisotopic (exact) mass is 771 g/mol. The molecule has 1 aromatic heterocycles. The molecule has 60 heavy (non-hydrogen) atoms. The molecule has 0 aliphatic heterocycles. The van der Waals surface area contributed by atoms with E-state index in [2.05, 4.69) is 208 Å². The zero-order valence-electron chi connectivity index (χ0n) is 34.0. The van der Waals surface area contributed by atoms with Crippen LogP contribution in [0.1, 0.15) is 48.9 Å². The number of hydrogen-bond acceptors (Lipinski definition) is 3. The summed E-state index contributed by atoms with van der Waals surface area (Å²) in [7, 11) is 0. The van der Waals surface area contributed by atoms with Gasteiger partial charge in [-0.15, -0.1) is 0 Å². The Hall–Kier alpha value is -7.49. The maximum atomic E-state index is 5.33. The van der Waals surface area contributed by atoms with Gasteiger partial charge in [0.25, 0.3) is 0 Å². The van der Waals surface area contributed by atoms with Gasteiger partial charge >= 0.3 is 0 Å². The highest BCUT2D eigenvalue weighted by Crippen LogP contribution is 2.40. The van der Waals surface area contributed by atoms with Crippen LogP contribution in [0.2, 0.25) is 0 Å². The molecule has 8 aromatic rings. The first-order valence-corrected chi connectivity index (χ1v) is 20.7. The molecule has 0 N–H and O–H groups in total. The van der Waals surface area contributed by atoms with Crippen LogP contribution in [0.3, 0.4) is 0 Å². The van der Waals surface area contributed by atoms with Gasteiger partial charge in [0.05, 0.1) is 0 Å². The van der Waals surface area contributed by atoms with E-state index in [1.54, 1.807) is 0 Å². The Morgan fingerprint density at radius 2 is 0.750 bits per heavy atom. The Morgan fingerprint density at radius 1 is 0.350 bits per heavy atom. The van der Waals surface area contributed by atoms with E-state index in [-0.39, 0.29) is 0 Å². The van der Waals surface area contributed by atoms with Crippen molar-refractivity contribution in [1.29, 1.82) is 0 Å². The van der Waals surface area contributed by atoms with Gasteiger partial charge in [0.2, 0.25) is 0 Å². The minimum Gasteiger partial charge on any atom is -0.208 e. The van der Waals surface area contributed by atoms with Crippen molar-refractivity contribution in [2.45, 2.75) is 26.7 Å². The molecule has 0 amide bonds. The van der Waals surface area contributed by atoms with Crippen LogP contribution in [0, 0.1) is 0 Å². The second-order valence-corrected chi connectivity index (χ2v) is 14.9. The molecule has 1 aliphatic carbocycles. The molecule has 7 aromatic carbocycles. The third-order valence-corrected chi connectivity index (χ3v) is 11.2. The Bertz CT molecular complexity index is 2770. The molecule has 0 unspecified atom stereocenters. The lowest BCUT2D eigenvalue weighted by atomic mass is 9.86. The van der Waals surface area contributed by atoms with E-state index in [4.69, 9.17) is 15.0 Å². The van der Waals surface area contributed by atoms with Crippen LogP contribution in [-0.2, 0) is 0 Å². The van der Waals surface area contributed by atoms with E-state index in [1.165, 1.54) is 39.0 Å². The molecule has 0 spiro atoms. The van der Waals surface area contributed by atoms with Gasteiger partial charge in [-0.2, -0.15) is 0 Å². The first-order valence-electron chi connectivity index (χ1n) is 20.7. The first kappa shape index (κ1) is 38.1. The second kappa shape index (κ2) is 17.6. The average Bonchev–Trinajstić information content (AvgIpc) is 3.34. The zero-order valence-corrected chi connectivity index (χ0v) is 34.0. The lowest BCUT2D eigenvalue weighted by Gasteiger charge is -2.19. The maximum Gasteiger partial charge on any atom is 0.164 e. The fourth-order valence-corrected chi connectivity index (χ4v) is 8.31. The summed E-state index contributed by atoms with van der Waals surface area (Å²) in [6.07, 6.45) is 11.2. The molecule has 0 fully saturated rings. The highest BCUT2D eigenvalue weighted by Gasteiger charge is 2.20. The number of rotatable bonds is 10. The SMILES string of the molecule is C/C=C(\C(=C/C)c1cccc(-c2ccccc2-c2nc(-c3ccccc3)nc(-c3ccccc3-c3cccc(C4=CCCC=C4c4ccccc4)c3)n2)c1)c1ccccc1. The summed E-state index contributed by atoms with van der Waals surface area (Å²) in [5.74, 6) is 1.88. The maximum absolute atomic E-state index is 5.33. The van der Waals surface area contributed by atoms with Crippen LogP contribution in [0.25, 0.3) is 78.7 Å². The Balaban J connectivity index is 1.15. The smallest absolute Gasteiger partial charge is 0.164 e. The second-order valence-electron chi connectivity index (χ2n) is 14.9. The predicted molar refractivity (Wildman–Crippen MR) is 252 cm³/mol. The molecular formula is C57H45N3. The summed E-state index contributed by atoms with van der Waals surface area (Å²) in [5, 5.41) is 0. The summed E-state index contributed by atoms with van der Waals surface area (Å²) in [6, 6.07) is 66.1. The van der Waals surface area contributed by atoms with Crippen LogP contribution in [-0.4, -0.2) is 15.0 Å². The van der Waals surface area contributed by atoms with E-state index >= 15 is 0 Å². The topological polar surface area (TPSA) is 38.7 Å². The predicted octanol–water partition coefficient (Wildman–Crippen LogP) is 15.0. The van der Waals surface area contributed by atoms with Gasteiger partial charge in [-0.05, 0) is 106 Å². The molecule has 0 saturated heterocycles. The number of allylic oxidation sites excluding steroid dienone is 8. The molecule has 0 radical (unpaired) electrons. The fourth-order valence-electron chi connectivity index (χ4n) is 8.31. The number of aromatic nitrogens is 3. The molecule has 1 aliphatic rings. The van der Waals surface area contributed by atoms with Crippen LogP contribution >= 0.6 is 0 Å². The standard InChI is InChI=1S/C57H45N3/c1-3-47(40-22-8-5-9-23-40)48(4-2)43-28-20-30-45(38-43)51-34-16-18-36-53(51)56-58-55(42-26-12-7-13-27-42)59-57(60-56)54-37-19-17-35-52(54)46-31-21-29-44(39-46)50-33-15-14-32-49(50)41-24-10-6-11-25-41/h3-13,16-39H,14-15H2,1-2H3/b47-3-,48-4-. The van der Waals surface area contributed by atoms with Gasteiger partial charge in [-0.3, -0.25) is 0 Å². The van der Waals surface area contributed by atoms with E-state index in [9.17, 15) is 0 Å². The van der Waals surface area contributed by atoms with E-state index in [0.29, 0.717) is 17.5 Å². The Kier molecular flexibility index (Phi) is 11.1. The van der Waals surface area contributed by atoms with Crippen LogP contribution in [0.5, 0.6) is 0 Å². The van der Waals surface area contributed by atoms with Gasteiger partial charge in [0.15, 0.2) is 17.5 Å². The summed E-state index contributed by atoms with van der Waals surface area (Å²) in [6.45, 7) is 4.22. The molecular weight excluding hydrogens is 727 g/mol. The molecule has 0 atom stereocenters. The van der Waals surface area contributed by atoms with Crippen LogP contribution < -0.4 is 0 Å². The molecule has 0 saturated carbocycles. The molecule has 9 rings (SSSR count). The van der Waals surface area contributed by atoms with Gasteiger partial charge in [0.1, 0.15) is 0 Å². The zero-order chi connectivity index (χ0) is 40.7. The summed E-state index contributed by atoms with van der Waals surface area (Å²) in [5.41, 5.74) is 16.9.